The lowest BCUT2D eigenvalue weighted by atomic mass is 10.1. The maximum atomic E-state index is 12.2. The normalized spacial score (nSPS) is 15.3. The molecule has 0 unspecified atom stereocenters. The summed E-state index contributed by atoms with van der Waals surface area (Å²) in [5.74, 6) is -1.23. The predicted molar refractivity (Wildman–Crippen MR) is 83.4 cm³/mol. The minimum Gasteiger partial charge on any atom is -0.481 e. The van der Waals surface area contributed by atoms with Gasteiger partial charge in [0.15, 0.2) is 0 Å². The van der Waals surface area contributed by atoms with E-state index in [9.17, 15) is 9.59 Å². The van der Waals surface area contributed by atoms with Crippen LogP contribution in [0.5, 0.6) is 0 Å². The van der Waals surface area contributed by atoms with Gasteiger partial charge in [0.25, 0.3) is 5.91 Å². The average molecular weight is 364 g/mol. The maximum absolute atomic E-state index is 12.2. The largest absolute Gasteiger partial charge is 0.481 e. The van der Waals surface area contributed by atoms with Gasteiger partial charge in [0, 0.05) is 12.1 Å². The molecule has 2 aromatic rings. The number of nitrogens with one attached hydrogen (secondary N) is 2. The number of carbonyl (C=O) groups excluding carboxylic acids is 1. The second kappa shape index (κ2) is 5.57. The molecule has 1 saturated carbocycles. The van der Waals surface area contributed by atoms with Crippen LogP contribution in [0.3, 0.4) is 0 Å². The Kier molecular flexibility index (Phi) is 3.74. The van der Waals surface area contributed by atoms with Crippen LogP contribution in [0.4, 0.5) is 0 Å². The van der Waals surface area contributed by atoms with Gasteiger partial charge in [-0.15, -0.1) is 0 Å². The van der Waals surface area contributed by atoms with Crippen molar-refractivity contribution in [2.24, 2.45) is 5.41 Å². The van der Waals surface area contributed by atoms with E-state index < -0.39 is 11.4 Å². The molecule has 1 heterocycles. The fraction of sp³-hybridized carbons (Fsp3) is 0.267. The number of amides is 1. The lowest BCUT2D eigenvalue weighted by Gasteiger charge is -2.10. The standard InChI is InChI=1S/C15H14BrN3O3/c16-10-11(9-4-2-1-3-5-9)18-19-12(10)13(20)17-8-15(6-7-15)14(21)22/h1-5H,6-8H2,(H,17,20)(H,18,19)(H,21,22). The molecule has 7 heteroatoms. The molecule has 114 valence electrons. The third kappa shape index (κ3) is 2.64. The first-order valence-electron chi connectivity index (χ1n) is 6.84. The Hall–Kier alpha value is -2.15. The molecule has 22 heavy (non-hydrogen) atoms. The summed E-state index contributed by atoms with van der Waals surface area (Å²) < 4.78 is 0.566. The lowest BCUT2D eigenvalue weighted by Crippen LogP contribution is -2.34. The second-order valence-corrected chi connectivity index (χ2v) is 6.19. The molecule has 1 aromatic carbocycles. The molecule has 0 atom stereocenters. The van der Waals surface area contributed by atoms with Crippen LogP contribution in [0.2, 0.25) is 0 Å². The van der Waals surface area contributed by atoms with Crippen molar-refractivity contribution in [2.45, 2.75) is 12.8 Å². The monoisotopic (exact) mass is 363 g/mol. The molecule has 1 aliphatic rings. The highest BCUT2D eigenvalue weighted by Crippen LogP contribution is 2.45. The van der Waals surface area contributed by atoms with Crippen molar-refractivity contribution >= 4 is 27.8 Å². The minimum absolute atomic E-state index is 0.132. The van der Waals surface area contributed by atoms with Crippen LogP contribution in [-0.4, -0.2) is 33.7 Å². The topological polar surface area (TPSA) is 95.1 Å². The fourth-order valence-corrected chi connectivity index (χ4v) is 2.81. The number of benzene rings is 1. The number of nitrogens with zero attached hydrogens (tertiary/aromatic N) is 1. The van der Waals surface area contributed by atoms with Crippen molar-refractivity contribution in [3.8, 4) is 11.3 Å². The Morgan fingerprint density at radius 3 is 2.59 bits per heavy atom. The average Bonchev–Trinajstić information content (AvgIpc) is 3.22. The molecular formula is C15H14BrN3O3. The van der Waals surface area contributed by atoms with Crippen molar-refractivity contribution in [3.63, 3.8) is 0 Å². The lowest BCUT2D eigenvalue weighted by molar-refractivity contribution is -0.143. The third-order valence-corrected chi connectivity index (χ3v) is 4.65. The third-order valence-electron chi connectivity index (χ3n) is 3.88. The van der Waals surface area contributed by atoms with E-state index >= 15 is 0 Å². The number of hydrogen-bond donors (Lipinski definition) is 3. The summed E-state index contributed by atoms with van der Waals surface area (Å²) in [5.41, 5.74) is 1.03. The number of carbonyl (C=O) groups is 2. The minimum atomic E-state index is -0.860. The molecular weight excluding hydrogens is 350 g/mol. The number of aliphatic carboxylic acids is 1. The molecule has 3 rings (SSSR count). The van der Waals surface area contributed by atoms with E-state index in [4.69, 9.17) is 5.11 Å². The van der Waals surface area contributed by atoms with E-state index in [0.29, 0.717) is 28.7 Å². The Labute approximate surface area is 135 Å². The molecule has 0 bridgehead atoms. The Morgan fingerprint density at radius 1 is 1.32 bits per heavy atom. The van der Waals surface area contributed by atoms with Crippen molar-refractivity contribution in [3.05, 3.63) is 40.5 Å². The molecule has 0 aliphatic heterocycles. The van der Waals surface area contributed by atoms with Gasteiger partial charge in [-0.3, -0.25) is 14.7 Å². The van der Waals surface area contributed by atoms with Crippen LogP contribution >= 0.6 is 15.9 Å². The van der Waals surface area contributed by atoms with Gasteiger partial charge in [0.05, 0.1) is 9.89 Å². The first kappa shape index (κ1) is 14.8. The first-order valence-corrected chi connectivity index (χ1v) is 7.64. The molecule has 1 amide bonds. The van der Waals surface area contributed by atoms with Gasteiger partial charge in [-0.2, -0.15) is 5.10 Å². The predicted octanol–water partition coefficient (Wildman–Crippen LogP) is 2.43. The molecule has 6 nitrogen and oxygen atoms in total. The van der Waals surface area contributed by atoms with E-state index in [1.54, 1.807) is 0 Å². The van der Waals surface area contributed by atoms with Crippen molar-refractivity contribution in [2.75, 3.05) is 6.54 Å². The summed E-state index contributed by atoms with van der Waals surface area (Å²) in [4.78, 5) is 23.3. The second-order valence-electron chi connectivity index (χ2n) is 5.40. The van der Waals surface area contributed by atoms with Gasteiger partial charge >= 0.3 is 5.97 Å². The smallest absolute Gasteiger partial charge is 0.311 e. The summed E-state index contributed by atoms with van der Waals surface area (Å²) in [7, 11) is 0. The van der Waals surface area contributed by atoms with Gasteiger partial charge in [-0.1, -0.05) is 30.3 Å². The van der Waals surface area contributed by atoms with Crippen molar-refractivity contribution < 1.29 is 14.7 Å². The zero-order valence-corrected chi connectivity index (χ0v) is 13.2. The Bertz CT molecular complexity index is 723. The molecule has 0 saturated heterocycles. The van der Waals surface area contributed by atoms with Gasteiger partial charge in [0.1, 0.15) is 11.4 Å². The summed E-state index contributed by atoms with van der Waals surface area (Å²) >= 11 is 3.38. The highest BCUT2D eigenvalue weighted by molar-refractivity contribution is 9.10. The molecule has 1 aromatic heterocycles. The highest BCUT2D eigenvalue weighted by atomic mass is 79.9. The highest BCUT2D eigenvalue weighted by Gasteiger charge is 2.50. The number of halogens is 1. The van der Waals surface area contributed by atoms with E-state index in [-0.39, 0.29) is 12.5 Å². The zero-order chi connectivity index (χ0) is 15.7. The van der Waals surface area contributed by atoms with Crippen LogP contribution in [-0.2, 0) is 4.79 Å². The van der Waals surface area contributed by atoms with E-state index in [0.717, 1.165) is 5.56 Å². The number of H-pyrrole nitrogens is 1. The number of carboxylic acid groups (broad SMARTS) is 1. The van der Waals surface area contributed by atoms with Gasteiger partial charge in [-0.25, -0.2) is 0 Å². The number of aromatic amines is 1. The van der Waals surface area contributed by atoms with Crippen LogP contribution < -0.4 is 5.32 Å². The van der Waals surface area contributed by atoms with Crippen LogP contribution in [0.25, 0.3) is 11.3 Å². The quantitative estimate of drug-likeness (QED) is 0.760. The van der Waals surface area contributed by atoms with E-state index in [1.165, 1.54) is 0 Å². The molecule has 1 fully saturated rings. The van der Waals surface area contributed by atoms with Crippen molar-refractivity contribution in [1.29, 1.82) is 0 Å². The number of hydrogen-bond acceptors (Lipinski definition) is 3. The van der Waals surface area contributed by atoms with Crippen LogP contribution in [0, 0.1) is 5.41 Å². The molecule has 0 spiro atoms. The SMILES string of the molecule is O=C(NCC1(C(=O)O)CC1)c1[nH]nc(-c2ccccc2)c1Br. The number of carboxylic acids is 1. The number of aromatic nitrogens is 2. The molecule has 0 radical (unpaired) electrons. The maximum Gasteiger partial charge on any atom is 0.311 e. The van der Waals surface area contributed by atoms with E-state index in [2.05, 4.69) is 31.4 Å². The van der Waals surface area contributed by atoms with E-state index in [1.807, 2.05) is 30.3 Å². The van der Waals surface area contributed by atoms with Gasteiger partial charge in [-0.05, 0) is 28.8 Å². The first-order chi connectivity index (χ1) is 10.5. The van der Waals surface area contributed by atoms with Gasteiger partial charge < -0.3 is 10.4 Å². The number of rotatable bonds is 5. The fourth-order valence-electron chi connectivity index (χ4n) is 2.22. The molecule has 3 N–H and O–H groups in total. The summed E-state index contributed by atoms with van der Waals surface area (Å²) in [5, 5.41) is 18.6. The Balaban J connectivity index is 1.74. The van der Waals surface area contributed by atoms with Gasteiger partial charge in [0.2, 0.25) is 0 Å². The van der Waals surface area contributed by atoms with Crippen LogP contribution in [0.1, 0.15) is 23.3 Å². The zero-order valence-electron chi connectivity index (χ0n) is 11.6. The van der Waals surface area contributed by atoms with Crippen LogP contribution in [0.15, 0.2) is 34.8 Å². The molecule has 1 aliphatic carbocycles. The van der Waals surface area contributed by atoms with Crippen molar-refractivity contribution in [1.82, 2.24) is 15.5 Å². The Morgan fingerprint density at radius 2 is 2.00 bits per heavy atom. The summed E-state index contributed by atoms with van der Waals surface area (Å²) in [6, 6.07) is 9.47. The summed E-state index contributed by atoms with van der Waals surface area (Å²) in [6.45, 7) is 0.132. The summed E-state index contributed by atoms with van der Waals surface area (Å²) in [6.07, 6.45) is 1.20.